The van der Waals surface area contributed by atoms with E-state index in [2.05, 4.69) is 15.4 Å². The molecule has 0 bridgehead atoms. The molecule has 0 spiro atoms. The Bertz CT molecular complexity index is 782. The highest BCUT2D eigenvalue weighted by Gasteiger charge is 2.41. The number of benzene rings is 1. The van der Waals surface area contributed by atoms with Gasteiger partial charge in [0, 0.05) is 5.70 Å². The maximum absolute atomic E-state index is 12.8. The van der Waals surface area contributed by atoms with Crippen LogP contribution in [0.1, 0.15) is 38.8 Å². The molecule has 26 heavy (non-hydrogen) atoms. The summed E-state index contributed by atoms with van der Waals surface area (Å²) in [4.78, 5) is 17.1. The summed E-state index contributed by atoms with van der Waals surface area (Å²) in [6, 6.07) is 7.40. The third-order valence-corrected chi connectivity index (χ3v) is 4.24. The van der Waals surface area contributed by atoms with Crippen molar-refractivity contribution in [3.8, 4) is 5.75 Å². The van der Waals surface area contributed by atoms with Crippen LogP contribution < -0.4 is 10.1 Å². The molecule has 0 radical (unpaired) electrons. The van der Waals surface area contributed by atoms with Crippen molar-refractivity contribution in [2.24, 2.45) is 5.92 Å². The maximum atomic E-state index is 12.8. The second kappa shape index (κ2) is 8.03. The van der Waals surface area contributed by atoms with Crippen LogP contribution in [0.15, 0.2) is 42.4 Å². The Morgan fingerprint density at radius 2 is 2.00 bits per heavy atom. The molecule has 1 aliphatic heterocycles. The lowest BCUT2D eigenvalue weighted by Gasteiger charge is -2.33. The van der Waals surface area contributed by atoms with Crippen LogP contribution in [0.4, 0.5) is 5.95 Å². The number of ether oxygens (including phenoxy) is 2. The molecular weight excluding hydrogens is 332 g/mol. The van der Waals surface area contributed by atoms with Crippen LogP contribution in [0.3, 0.4) is 0 Å². The summed E-state index contributed by atoms with van der Waals surface area (Å²) in [5.74, 6) is 0.618. The first-order chi connectivity index (χ1) is 12.7. The van der Waals surface area contributed by atoms with Crippen LogP contribution in [-0.4, -0.2) is 33.9 Å². The molecule has 0 fully saturated rings. The number of rotatable bonds is 6. The summed E-state index contributed by atoms with van der Waals surface area (Å²) in [6.45, 7) is 6.72. The second-order valence-electron chi connectivity index (χ2n) is 5.90. The van der Waals surface area contributed by atoms with Crippen molar-refractivity contribution in [1.29, 1.82) is 0 Å². The molecule has 1 N–H and O–H groups in total. The Morgan fingerprint density at radius 1 is 1.23 bits per heavy atom. The molecule has 0 amide bonds. The Balaban J connectivity index is 2.07. The van der Waals surface area contributed by atoms with Gasteiger partial charge in [-0.15, -0.1) is 0 Å². The average Bonchev–Trinajstić information content (AvgIpc) is 3.10. The van der Waals surface area contributed by atoms with E-state index in [1.807, 2.05) is 51.1 Å². The second-order valence-corrected chi connectivity index (χ2v) is 5.90. The molecule has 0 saturated carbocycles. The van der Waals surface area contributed by atoms with Gasteiger partial charge in [0.25, 0.3) is 0 Å². The minimum atomic E-state index is -0.512. The summed E-state index contributed by atoms with van der Waals surface area (Å²) in [7, 11) is 0. The van der Waals surface area contributed by atoms with Crippen molar-refractivity contribution >= 4 is 11.9 Å². The molecule has 1 aliphatic rings. The third-order valence-electron chi connectivity index (χ3n) is 4.24. The Labute approximate surface area is 153 Å². The van der Waals surface area contributed by atoms with E-state index in [1.54, 1.807) is 4.68 Å². The van der Waals surface area contributed by atoms with E-state index in [9.17, 15) is 4.79 Å². The number of nitrogens with zero attached hydrogens (tertiary/aromatic N) is 3. The highest BCUT2D eigenvalue weighted by molar-refractivity contribution is 5.79. The van der Waals surface area contributed by atoms with Gasteiger partial charge >= 0.3 is 5.97 Å². The third kappa shape index (κ3) is 3.42. The van der Waals surface area contributed by atoms with E-state index in [-0.39, 0.29) is 12.0 Å². The van der Waals surface area contributed by atoms with Crippen molar-refractivity contribution in [2.45, 2.75) is 33.2 Å². The molecule has 1 aromatic heterocycles. The number of aromatic nitrogens is 3. The molecule has 2 aromatic rings. The molecule has 0 unspecified atom stereocenters. The van der Waals surface area contributed by atoms with Gasteiger partial charge in [0.15, 0.2) is 0 Å². The van der Waals surface area contributed by atoms with Crippen molar-refractivity contribution in [3.05, 3.63) is 47.9 Å². The van der Waals surface area contributed by atoms with Crippen LogP contribution in [0.25, 0.3) is 0 Å². The topological polar surface area (TPSA) is 78.3 Å². The van der Waals surface area contributed by atoms with E-state index in [4.69, 9.17) is 9.47 Å². The van der Waals surface area contributed by atoms with E-state index in [0.717, 1.165) is 23.4 Å². The first-order valence-corrected chi connectivity index (χ1v) is 8.95. The van der Waals surface area contributed by atoms with Gasteiger partial charge in [0.2, 0.25) is 5.95 Å². The number of anilines is 1. The van der Waals surface area contributed by atoms with Crippen LogP contribution in [0.2, 0.25) is 0 Å². The van der Waals surface area contributed by atoms with E-state index in [1.165, 1.54) is 6.33 Å². The van der Waals surface area contributed by atoms with Crippen LogP contribution in [-0.2, 0) is 9.53 Å². The number of allylic oxidation sites excluding steroid dienone is 1. The summed E-state index contributed by atoms with van der Waals surface area (Å²) >= 11 is 0. The molecule has 138 valence electrons. The molecule has 1 aromatic carbocycles. The van der Waals surface area contributed by atoms with E-state index in [0.29, 0.717) is 19.2 Å². The number of carbonyl (C=O) groups excluding carboxylic acids is 1. The zero-order valence-electron chi connectivity index (χ0n) is 15.3. The van der Waals surface area contributed by atoms with Gasteiger partial charge in [-0.05, 0) is 38.0 Å². The summed E-state index contributed by atoms with van der Waals surface area (Å²) in [5.41, 5.74) is 1.74. The fourth-order valence-electron chi connectivity index (χ4n) is 3.21. The van der Waals surface area contributed by atoms with Gasteiger partial charge in [0.1, 0.15) is 18.0 Å². The van der Waals surface area contributed by atoms with Crippen LogP contribution in [0.5, 0.6) is 5.75 Å². The minimum Gasteiger partial charge on any atom is -0.494 e. The average molecular weight is 356 g/mol. The van der Waals surface area contributed by atoms with Crippen molar-refractivity contribution < 1.29 is 14.3 Å². The molecule has 0 aliphatic carbocycles. The molecule has 3 rings (SSSR count). The molecule has 2 atom stereocenters. The Kier molecular flexibility index (Phi) is 5.55. The fourth-order valence-corrected chi connectivity index (χ4v) is 3.21. The first kappa shape index (κ1) is 18.0. The van der Waals surface area contributed by atoms with Crippen molar-refractivity contribution in [2.75, 3.05) is 18.5 Å². The number of esters is 1. The van der Waals surface area contributed by atoms with Crippen LogP contribution in [0, 0.1) is 5.92 Å². The molecule has 7 heteroatoms. The van der Waals surface area contributed by atoms with Crippen molar-refractivity contribution in [1.82, 2.24) is 14.8 Å². The summed E-state index contributed by atoms with van der Waals surface area (Å²) < 4.78 is 12.6. The predicted molar refractivity (Wildman–Crippen MR) is 97.9 cm³/mol. The number of hydrogen-bond donors (Lipinski definition) is 1. The van der Waals surface area contributed by atoms with Gasteiger partial charge in [0.05, 0.1) is 19.3 Å². The standard InChI is InChI=1S/C19H24N4O3/c1-4-7-15-16(18(24)26-6-3)17(23-19(22-15)20-12-21-23)13-8-10-14(11-9-13)25-5-2/h7-12,16-17H,4-6H2,1-3H3,(H,20,21,22)/b15-7+/t16-,17+/m0/s1. The zero-order valence-corrected chi connectivity index (χ0v) is 15.3. The van der Waals surface area contributed by atoms with Gasteiger partial charge in [-0.25, -0.2) is 4.68 Å². The molecule has 0 saturated heterocycles. The van der Waals surface area contributed by atoms with E-state index < -0.39 is 5.92 Å². The maximum Gasteiger partial charge on any atom is 0.317 e. The SMILES string of the molecule is CC/C=C1/Nc2ncnn2[C@H](c2ccc(OCC)cc2)[C@H]1C(=O)OCC. The monoisotopic (exact) mass is 356 g/mol. The van der Waals surface area contributed by atoms with Gasteiger partial charge in [-0.2, -0.15) is 10.1 Å². The van der Waals surface area contributed by atoms with E-state index >= 15 is 0 Å². The largest absolute Gasteiger partial charge is 0.494 e. The molecule has 7 nitrogen and oxygen atoms in total. The summed E-state index contributed by atoms with van der Waals surface area (Å²) in [5, 5.41) is 7.56. The lowest BCUT2D eigenvalue weighted by molar-refractivity contribution is -0.147. The lowest BCUT2D eigenvalue weighted by atomic mass is 9.88. The molecular formula is C19H24N4O3. The number of hydrogen-bond acceptors (Lipinski definition) is 6. The summed E-state index contributed by atoms with van der Waals surface area (Å²) in [6.07, 6.45) is 4.28. The van der Waals surface area contributed by atoms with Crippen LogP contribution >= 0.6 is 0 Å². The predicted octanol–water partition coefficient (Wildman–Crippen LogP) is 3.16. The Hall–Kier alpha value is -2.83. The zero-order chi connectivity index (χ0) is 18.5. The molecule has 2 heterocycles. The smallest absolute Gasteiger partial charge is 0.317 e. The Morgan fingerprint density at radius 3 is 2.65 bits per heavy atom. The lowest BCUT2D eigenvalue weighted by Crippen LogP contribution is -2.38. The van der Waals surface area contributed by atoms with Gasteiger partial charge in [-0.1, -0.05) is 25.1 Å². The first-order valence-electron chi connectivity index (χ1n) is 8.95. The number of fused-ring (bicyclic) bond motifs is 1. The van der Waals surface area contributed by atoms with Gasteiger partial charge in [-0.3, -0.25) is 4.79 Å². The normalized spacial score (nSPS) is 20.3. The van der Waals surface area contributed by atoms with Gasteiger partial charge < -0.3 is 14.8 Å². The highest BCUT2D eigenvalue weighted by Crippen LogP contribution is 2.39. The number of carbonyl (C=O) groups is 1. The van der Waals surface area contributed by atoms with Crippen molar-refractivity contribution in [3.63, 3.8) is 0 Å². The quantitative estimate of drug-likeness (QED) is 0.801. The fraction of sp³-hybridized carbons (Fsp3) is 0.421. The minimum absolute atomic E-state index is 0.278. The highest BCUT2D eigenvalue weighted by atomic mass is 16.5. The number of nitrogens with one attached hydrogen (secondary N) is 1.